The monoisotopic (exact) mass is 241 g/mol. The molecule has 1 aromatic rings. The molecule has 1 heterocycles. The molecule has 1 fully saturated rings. The van der Waals surface area contributed by atoms with Crippen molar-refractivity contribution in [3.63, 3.8) is 0 Å². The van der Waals surface area contributed by atoms with Gasteiger partial charge in [0.05, 0.1) is 0 Å². The van der Waals surface area contributed by atoms with E-state index < -0.39 is 0 Å². The molecule has 3 heteroatoms. The lowest BCUT2D eigenvalue weighted by atomic mass is 9.90. The molecule has 1 aromatic carbocycles. The smallest absolute Gasteiger partial charge is 0.0240 e. The Labute approximate surface area is 104 Å². The van der Waals surface area contributed by atoms with Gasteiger partial charge in [-0.05, 0) is 37.7 Å². The average Bonchev–Trinajstić information content (AvgIpc) is 2.25. The van der Waals surface area contributed by atoms with Crippen LogP contribution in [0.2, 0.25) is 0 Å². The Morgan fingerprint density at radius 3 is 2.31 bits per heavy atom. The van der Waals surface area contributed by atoms with Crippen LogP contribution < -0.4 is 0 Å². The Morgan fingerprint density at radius 2 is 1.75 bits per heavy atom. The molecule has 0 spiro atoms. The first-order valence-electron chi connectivity index (χ1n) is 5.73. The molecule has 0 unspecified atom stereocenters. The van der Waals surface area contributed by atoms with E-state index in [9.17, 15) is 5.21 Å². The van der Waals surface area contributed by atoms with Gasteiger partial charge in [0.25, 0.3) is 0 Å². The number of piperidine rings is 1. The van der Waals surface area contributed by atoms with E-state index in [2.05, 4.69) is 31.2 Å². The number of aryl methyl sites for hydroxylation is 1. The molecule has 0 saturated carbocycles. The standard InChI is InChI=1S/C13H19NO.ClH/c1-11-2-4-12(5-3-11)10-13-6-8-14(15)9-7-13;/h2-5,13,15H,6-10H2,1H3;1H. The van der Waals surface area contributed by atoms with Gasteiger partial charge in [0.2, 0.25) is 0 Å². The van der Waals surface area contributed by atoms with Crippen LogP contribution in [0.15, 0.2) is 24.3 Å². The van der Waals surface area contributed by atoms with Crippen molar-refractivity contribution in [2.24, 2.45) is 5.92 Å². The van der Waals surface area contributed by atoms with Crippen molar-refractivity contribution in [2.75, 3.05) is 13.1 Å². The van der Waals surface area contributed by atoms with Crippen molar-refractivity contribution in [3.05, 3.63) is 35.4 Å². The zero-order valence-electron chi connectivity index (χ0n) is 9.72. The molecule has 2 rings (SSSR count). The quantitative estimate of drug-likeness (QED) is 0.860. The molecule has 1 aliphatic rings. The highest BCUT2D eigenvalue weighted by Gasteiger charge is 2.17. The third-order valence-electron chi connectivity index (χ3n) is 3.24. The normalized spacial score (nSPS) is 18.1. The Morgan fingerprint density at radius 1 is 1.19 bits per heavy atom. The van der Waals surface area contributed by atoms with Gasteiger partial charge in [-0.3, -0.25) is 0 Å². The number of hydrogen-bond acceptors (Lipinski definition) is 2. The van der Waals surface area contributed by atoms with Crippen LogP contribution in [0.25, 0.3) is 0 Å². The van der Waals surface area contributed by atoms with Gasteiger partial charge in [-0.1, -0.05) is 29.8 Å². The van der Waals surface area contributed by atoms with Crippen LogP contribution in [0.5, 0.6) is 0 Å². The summed E-state index contributed by atoms with van der Waals surface area (Å²) >= 11 is 0. The summed E-state index contributed by atoms with van der Waals surface area (Å²) in [5.74, 6) is 0.746. The predicted molar refractivity (Wildman–Crippen MR) is 68.2 cm³/mol. The minimum atomic E-state index is 0. The van der Waals surface area contributed by atoms with Crippen LogP contribution in [0, 0.1) is 12.8 Å². The van der Waals surface area contributed by atoms with Gasteiger partial charge in [-0.2, -0.15) is 5.06 Å². The maximum absolute atomic E-state index is 9.26. The third-order valence-corrected chi connectivity index (χ3v) is 3.24. The van der Waals surface area contributed by atoms with Crippen molar-refractivity contribution >= 4 is 12.4 Å². The van der Waals surface area contributed by atoms with E-state index in [-0.39, 0.29) is 12.4 Å². The van der Waals surface area contributed by atoms with E-state index in [0.717, 1.165) is 38.3 Å². The molecule has 0 aliphatic carbocycles. The van der Waals surface area contributed by atoms with Crippen molar-refractivity contribution in [1.82, 2.24) is 5.06 Å². The Hall–Kier alpha value is -0.570. The number of hydrogen-bond donors (Lipinski definition) is 1. The van der Waals surface area contributed by atoms with Gasteiger partial charge in [0.1, 0.15) is 0 Å². The van der Waals surface area contributed by atoms with E-state index in [1.165, 1.54) is 16.2 Å². The number of hydroxylamine groups is 2. The van der Waals surface area contributed by atoms with Crippen LogP contribution in [0.4, 0.5) is 0 Å². The van der Waals surface area contributed by atoms with Crippen LogP contribution in [0.3, 0.4) is 0 Å². The minimum Gasteiger partial charge on any atom is -0.314 e. The Balaban J connectivity index is 0.00000128. The van der Waals surface area contributed by atoms with E-state index in [0.29, 0.717) is 0 Å². The highest BCUT2D eigenvalue weighted by molar-refractivity contribution is 5.85. The lowest BCUT2D eigenvalue weighted by Crippen LogP contribution is -2.31. The number of rotatable bonds is 2. The summed E-state index contributed by atoms with van der Waals surface area (Å²) in [6.45, 7) is 3.78. The van der Waals surface area contributed by atoms with Crippen molar-refractivity contribution < 1.29 is 5.21 Å². The molecule has 2 nitrogen and oxygen atoms in total. The molecule has 1 saturated heterocycles. The first kappa shape index (κ1) is 13.5. The molecule has 0 aromatic heterocycles. The van der Waals surface area contributed by atoms with E-state index in [4.69, 9.17) is 0 Å². The fourth-order valence-electron chi connectivity index (χ4n) is 2.18. The van der Waals surface area contributed by atoms with Crippen molar-refractivity contribution in [1.29, 1.82) is 0 Å². The van der Waals surface area contributed by atoms with Gasteiger partial charge in [0, 0.05) is 13.1 Å². The minimum absolute atomic E-state index is 0. The largest absolute Gasteiger partial charge is 0.314 e. The number of benzene rings is 1. The number of nitrogens with zero attached hydrogens (tertiary/aromatic N) is 1. The lowest BCUT2D eigenvalue weighted by Gasteiger charge is -2.27. The van der Waals surface area contributed by atoms with Gasteiger partial charge in [0.15, 0.2) is 0 Å². The summed E-state index contributed by atoms with van der Waals surface area (Å²) in [5, 5.41) is 10.7. The fraction of sp³-hybridized carbons (Fsp3) is 0.538. The second kappa shape index (κ2) is 6.24. The van der Waals surface area contributed by atoms with E-state index in [1.54, 1.807) is 0 Å². The lowest BCUT2D eigenvalue weighted by molar-refractivity contribution is -0.111. The molecular weight excluding hydrogens is 222 g/mol. The topological polar surface area (TPSA) is 23.5 Å². The summed E-state index contributed by atoms with van der Waals surface area (Å²) in [6.07, 6.45) is 3.39. The SMILES string of the molecule is Cc1ccc(CC2CCN(O)CC2)cc1.Cl. The maximum Gasteiger partial charge on any atom is 0.0240 e. The first-order chi connectivity index (χ1) is 7.24. The average molecular weight is 242 g/mol. The molecule has 0 amide bonds. The highest BCUT2D eigenvalue weighted by atomic mass is 35.5. The van der Waals surface area contributed by atoms with E-state index in [1.807, 2.05) is 0 Å². The molecule has 0 radical (unpaired) electrons. The molecule has 0 atom stereocenters. The molecule has 0 bridgehead atoms. The second-order valence-corrected chi connectivity index (χ2v) is 4.59. The van der Waals surface area contributed by atoms with Gasteiger partial charge < -0.3 is 5.21 Å². The third kappa shape index (κ3) is 3.78. The Kier molecular flexibility index (Phi) is 5.26. The molecule has 90 valence electrons. The molecule has 1 N–H and O–H groups in total. The maximum atomic E-state index is 9.26. The van der Waals surface area contributed by atoms with Gasteiger partial charge in [-0.15, -0.1) is 12.4 Å². The molecular formula is C13H20ClNO. The van der Waals surface area contributed by atoms with Crippen LogP contribution in [-0.4, -0.2) is 23.4 Å². The van der Waals surface area contributed by atoms with Crippen LogP contribution in [-0.2, 0) is 6.42 Å². The zero-order chi connectivity index (χ0) is 10.7. The fourth-order valence-corrected chi connectivity index (χ4v) is 2.18. The second-order valence-electron chi connectivity index (χ2n) is 4.59. The highest BCUT2D eigenvalue weighted by Crippen LogP contribution is 2.20. The number of halogens is 1. The van der Waals surface area contributed by atoms with Crippen LogP contribution >= 0.6 is 12.4 Å². The summed E-state index contributed by atoms with van der Waals surface area (Å²) in [6, 6.07) is 8.80. The summed E-state index contributed by atoms with van der Waals surface area (Å²) in [7, 11) is 0. The van der Waals surface area contributed by atoms with E-state index >= 15 is 0 Å². The van der Waals surface area contributed by atoms with Gasteiger partial charge >= 0.3 is 0 Å². The molecule has 1 aliphatic heterocycles. The summed E-state index contributed by atoms with van der Waals surface area (Å²) in [5.41, 5.74) is 2.75. The Bertz CT molecular complexity index is 304. The molecule has 16 heavy (non-hydrogen) atoms. The zero-order valence-corrected chi connectivity index (χ0v) is 10.5. The van der Waals surface area contributed by atoms with Crippen molar-refractivity contribution in [3.8, 4) is 0 Å². The van der Waals surface area contributed by atoms with Gasteiger partial charge in [-0.25, -0.2) is 0 Å². The van der Waals surface area contributed by atoms with Crippen LogP contribution in [0.1, 0.15) is 24.0 Å². The predicted octanol–water partition coefficient (Wildman–Crippen LogP) is 3.06. The summed E-state index contributed by atoms with van der Waals surface area (Å²) < 4.78 is 0. The first-order valence-corrected chi connectivity index (χ1v) is 5.73. The van der Waals surface area contributed by atoms with Crippen molar-refractivity contribution in [2.45, 2.75) is 26.2 Å². The summed E-state index contributed by atoms with van der Waals surface area (Å²) in [4.78, 5) is 0.